The van der Waals surface area contributed by atoms with Gasteiger partial charge in [-0.05, 0) is 51.3 Å². The Morgan fingerprint density at radius 1 is 1.14 bits per heavy atom. The van der Waals surface area contributed by atoms with Crippen molar-refractivity contribution in [3.63, 3.8) is 0 Å². The molecule has 0 unspecified atom stereocenters. The van der Waals surface area contributed by atoms with E-state index in [0.29, 0.717) is 11.6 Å². The van der Waals surface area contributed by atoms with Crippen molar-refractivity contribution < 1.29 is 22.9 Å². The summed E-state index contributed by atoms with van der Waals surface area (Å²) in [5, 5.41) is 13.4. The van der Waals surface area contributed by atoms with Crippen molar-refractivity contribution in [2.75, 3.05) is 13.1 Å². The normalized spacial score (nSPS) is 22.7. The molecule has 0 atom stereocenters. The molecule has 0 radical (unpaired) electrons. The van der Waals surface area contributed by atoms with E-state index in [-0.39, 0.29) is 16.5 Å². The van der Waals surface area contributed by atoms with Gasteiger partial charge in [-0.15, -0.1) is 0 Å². The minimum Gasteiger partial charge on any atom is -0.331 e. The molecule has 1 aromatic carbocycles. The van der Waals surface area contributed by atoms with Crippen molar-refractivity contribution in [3.8, 4) is 0 Å². The Labute approximate surface area is 170 Å². The fraction of sp³-hybridized carbons (Fsp3) is 0.400. The van der Waals surface area contributed by atoms with E-state index in [1.54, 1.807) is 17.5 Å². The van der Waals surface area contributed by atoms with Crippen LogP contribution < -0.4 is 0 Å². The highest BCUT2D eigenvalue weighted by Crippen LogP contribution is 2.70. The molecule has 1 aromatic rings. The Balaban J connectivity index is 1.80. The molecule has 3 heterocycles. The Kier molecular flexibility index (Phi) is 4.95. The second-order valence-electron chi connectivity index (χ2n) is 7.57. The minimum absolute atomic E-state index is 0.145. The molecule has 154 valence electrons. The van der Waals surface area contributed by atoms with E-state index in [1.807, 2.05) is 0 Å². The molecule has 1 spiro atoms. The number of nitro groups is 1. The van der Waals surface area contributed by atoms with Crippen LogP contribution in [0.25, 0.3) is 5.57 Å². The van der Waals surface area contributed by atoms with E-state index in [2.05, 4.69) is 18.7 Å². The second kappa shape index (κ2) is 7.31. The van der Waals surface area contributed by atoms with E-state index in [1.165, 1.54) is 6.07 Å². The summed E-state index contributed by atoms with van der Waals surface area (Å²) in [5.74, 6) is -1.35. The van der Waals surface area contributed by atoms with Crippen LogP contribution in [0.2, 0.25) is 0 Å². The standard InChI is InChI=1S/C20H22N2O6S/c1-13(2)21-10-8-14(9-11-21)16-12-29(27-18(23)6-7-19(24)28-29)20-15(16)4-3-5-17(20)22(25)26/h3-7,12-14H,8-11H2,1-2H3. The van der Waals surface area contributed by atoms with Gasteiger partial charge in [-0.25, -0.2) is 9.59 Å². The predicted octanol–water partition coefficient (Wildman–Crippen LogP) is 3.72. The number of piperidine rings is 1. The maximum Gasteiger partial charge on any atom is 0.354 e. The van der Waals surface area contributed by atoms with Gasteiger partial charge in [0.05, 0.1) is 10.3 Å². The molecule has 8 nitrogen and oxygen atoms in total. The number of hydrogen-bond donors (Lipinski definition) is 0. The zero-order valence-electron chi connectivity index (χ0n) is 16.2. The molecular weight excluding hydrogens is 396 g/mol. The number of rotatable bonds is 3. The average molecular weight is 418 g/mol. The number of likely N-dealkylation sites (tertiary alicyclic amines) is 1. The average Bonchev–Trinajstić information content (AvgIpc) is 2.91. The first-order valence-corrected chi connectivity index (χ1v) is 11.1. The molecule has 1 saturated heterocycles. The van der Waals surface area contributed by atoms with Gasteiger partial charge >= 0.3 is 11.9 Å². The van der Waals surface area contributed by atoms with Gasteiger partial charge in [0.2, 0.25) is 0 Å². The molecule has 9 heteroatoms. The summed E-state index contributed by atoms with van der Waals surface area (Å²) in [5.41, 5.74) is 1.30. The molecule has 29 heavy (non-hydrogen) atoms. The summed E-state index contributed by atoms with van der Waals surface area (Å²) < 4.78 is 11.1. The van der Waals surface area contributed by atoms with Gasteiger partial charge in [0, 0.05) is 29.8 Å². The molecule has 0 N–H and O–H groups in total. The van der Waals surface area contributed by atoms with Gasteiger partial charge in [0.1, 0.15) is 0 Å². The molecule has 0 amide bonds. The van der Waals surface area contributed by atoms with Crippen LogP contribution in [0.15, 0.2) is 40.7 Å². The highest BCUT2D eigenvalue weighted by atomic mass is 32.3. The van der Waals surface area contributed by atoms with Gasteiger partial charge < -0.3 is 13.3 Å². The summed E-state index contributed by atoms with van der Waals surface area (Å²) in [6.07, 6.45) is 3.74. The van der Waals surface area contributed by atoms with E-state index in [4.69, 9.17) is 8.37 Å². The van der Waals surface area contributed by atoms with Crippen molar-refractivity contribution in [1.29, 1.82) is 0 Å². The van der Waals surface area contributed by atoms with Gasteiger partial charge in [-0.2, -0.15) is 0 Å². The summed E-state index contributed by atoms with van der Waals surface area (Å²) in [7, 11) is -3.04. The lowest BCUT2D eigenvalue weighted by molar-refractivity contribution is -0.387. The van der Waals surface area contributed by atoms with Gasteiger partial charge in [-0.3, -0.25) is 10.1 Å². The summed E-state index contributed by atoms with van der Waals surface area (Å²) >= 11 is 0. The molecule has 0 aromatic heterocycles. The zero-order chi connectivity index (χ0) is 20.8. The van der Waals surface area contributed by atoms with Gasteiger partial charge in [0.25, 0.3) is 5.69 Å². The number of benzene rings is 1. The molecular formula is C20H22N2O6S. The fourth-order valence-corrected chi connectivity index (χ4v) is 6.71. The van der Waals surface area contributed by atoms with E-state index >= 15 is 0 Å². The molecule has 1 fully saturated rings. The van der Waals surface area contributed by atoms with Crippen LogP contribution in [0.3, 0.4) is 0 Å². The summed E-state index contributed by atoms with van der Waals surface area (Å²) in [6.45, 7) is 6.13. The number of carbonyl (C=O) groups is 2. The highest BCUT2D eigenvalue weighted by Gasteiger charge is 2.45. The number of allylic oxidation sites excluding steroid dienone is 1. The van der Waals surface area contributed by atoms with Crippen molar-refractivity contribution in [2.24, 2.45) is 5.92 Å². The van der Waals surface area contributed by atoms with Gasteiger partial charge in [-0.1, -0.05) is 22.7 Å². The zero-order valence-corrected chi connectivity index (χ0v) is 17.0. The molecule has 4 rings (SSSR count). The first-order chi connectivity index (χ1) is 13.8. The Morgan fingerprint density at radius 3 is 2.31 bits per heavy atom. The maximum absolute atomic E-state index is 12.2. The van der Waals surface area contributed by atoms with Crippen molar-refractivity contribution in [3.05, 3.63) is 51.4 Å². The van der Waals surface area contributed by atoms with Crippen LogP contribution in [0.4, 0.5) is 5.69 Å². The molecule has 0 aliphatic carbocycles. The van der Waals surface area contributed by atoms with Crippen LogP contribution >= 0.6 is 10.6 Å². The lowest BCUT2D eigenvalue weighted by Gasteiger charge is -2.35. The third-order valence-corrected chi connectivity index (χ3v) is 7.92. The molecule has 3 aliphatic heterocycles. The summed E-state index contributed by atoms with van der Waals surface area (Å²) in [6, 6.07) is 5.20. The van der Waals surface area contributed by atoms with Crippen molar-refractivity contribution >= 4 is 33.8 Å². The lowest BCUT2D eigenvalue weighted by atomic mass is 9.85. The lowest BCUT2D eigenvalue weighted by Crippen LogP contribution is -2.38. The summed E-state index contributed by atoms with van der Waals surface area (Å²) in [4.78, 5) is 38.1. The van der Waals surface area contributed by atoms with Crippen LogP contribution in [-0.2, 0) is 18.0 Å². The molecule has 0 bridgehead atoms. The monoisotopic (exact) mass is 418 g/mol. The molecule has 3 aliphatic rings. The Hall–Kier alpha value is -2.65. The van der Waals surface area contributed by atoms with Crippen LogP contribution in [0, 0.1) is 16.0 Å². The third kappa shape index (κ3) is 3.44. The number of fused-ring (bicyclic) bond motifs is 2. The smallest absolute Gasteiger partial charge is 0.331 e. The number of carbonyl (C=O) groups excluding carboxylic acids is 2. The van der Waals surface area contributed by atoms with Crippen LogP contribution in [-0.4, -0.2) is 40.9 Å². The van der Waals surface area contributed by atoms with E-state index in [9.17, 15) is 19.7 Å². The quantitative estimate of drug-likeness (QED) is 0.545. The van der Waals surface area contributed by atoms with Crippen molar-refractivity contribution in [1.82, 2.24) is 4.90 Å². The minimum atomic E-state index is -3.04. The number of nitro benzene ring substituents is 1. The third-order valence-electron chi connectivity index (χ3n) is 5.54. The largest absolute Gasteiger partial charge is 0.354 e. The topological polar surface area (TPSA) is 99.0 Å². The first-order valence-electron chi connectivity index (χ1n) is 9.52. The second-order valence-corrected chi connectivity index (χ2v) is 9.64. The van der Waals surface area contributed by atoms with E-state index < -0.39 is 27.5 Å². The Bertz CT molecular complexity index is 926. The van der Waals surface area contributed by atoms with Crippen LogP contribution in [0.5, 0.6) is 0 Å². The number of hydrogen-bond acceptors (Lipinski definition) is 7. The SMILES string of the molecule is CC(C)N1CCC(C2=CS3(OC(=O)C=CC(=O)O3)c3c2cccc3[N+](=O)[O-])CC1. The highest BCUT2D eigenvalue weighted by molar-refractivity contribution is 8.29. The van der Waals surface area contributed by atoms with E-state index in [0.717, 1.165) is 43.7 Å². The first kappa shape index (κ1) is 19.7. The maximum atomic E-state index is 12.2. The predicted molar refractivity (Wildman–Crippen MR) is 108 cm³/mol. The van der Waals surface area contributed by atoms with Gasteiger partial charge in [0.15, 0.2) is 4.90 Å². The van der Waals surface area contributed by atoms with Crippen LogP contribution in [0.1, 0.15) is 32.3 Å². The number of nitrogens with zero attached hydrogens (tertiary/aromatic N) is 2. The Morgan fingerprint density at radius 2 is 1.76 bits per heavy atom. The molecule has 0 saturated carbocycles. The fourth-order valence-electron chi connectivity index (χ4n) is 4.11. The van der Waals surface area contributed by atoms with Crippen molar-refractivity contribution in [2.45, 2.75) is 37.6 Å².